The van der Waals surface area contributed by atoms with Crippen molar-refractivity contribution in [3.63, 3.8) is 0 Å². The molecule has 0 bridgehead atoms. The van der Waals surface area contributed by atoms with Crippen LogP contribution in [0, 0.1) is 11.7 Å². The maximum Gasteiger partial charge on any atom is 0.308 e. The number of aromatic nitrogens is 3. The van der Waals surface area contributed by atoms with Crippen molar-refractivity contribution in [2.24, 2.45) is 5.92 Å². The van der Waals surface area contributed by atoms with Crippen LogP contribution in [-0.2, 0) is 11.3 Å². The Hall–Kier alpha value is -2.77. The Labute approximate surface area is 131 Å². The molecule has 1 aliphatic heterocycles. The van der Waals surface area contributed by atoms with E-state index in [2.05, 4.69) is 10.3 Å². The van der Waals surface area contributed by atoms with E-state index in [-0.39, 0.29) is 24.0 Å². The molecule has 1 aromatic carbocycles. The van der Waals surface area contributed by atoms with Crippen molar-refractivity contribution < 1.29 is 19.1 Å². The number of aliphatic carboxylic acids is 1. The average Bonchev–Trinajstić information content (AvgIpc) is 3.15. The lowest BCUT2D eigenvalue weighted by Gasteiger charge is -2.13. The molecule has 1 amide bonds. The molecule has 2 aromatic rings. The quantitative estimate of drug-likeness (QED) is 0.909. The summed E-state index contributed by atoms with van der Waals surface area (Å²) in [6.45, 7) is 0.882. The van der Waals surface area contributed by atoms with Gasteiger partial charge in [0.2, 0.25) is 0 Å². The number of halogens is 1. The fraction of sp³-hybridized carbons (Fsp3) is 0.333. The molecule has 120 valence electrons. The Balaban J connectivity index is 1.67. The minimum atomic E-state index is -0.893. The molecule has 3 rings (SSSR count). The number of carboxylic acid groups (broad SMARTS) is 1. The molecular weight excluding hydrogens is 303 g/mol. The summed E-state index contributed by atoms with van der Waals surface area (Å²) in [5, 5.41) is 16.7. The Morgan fingerprint density at radius 3 is 2.91 bits per heavy atom. The molecule has 1 fully saturated rings. The van der Waals surface area contributed by atoms with E-state index in [9.17, 15) is 14.0 Å². The first-order valence-electron chi connectivity index (χ1n) is 7.19. The van der Waals surface area contributed by atoms with Crippen molar-refractivity contribution in [1.82, 2.24) is 19.9 Å². The van der Waals surface area contributed by atoms with Crippen LogP contribution in [0.15, 0.2) is 30.5 Å². The van der Waals surface area contributed by atoms with Crippen LogP contribution in [0.25, 0.3) is 0 Å². The molecule has 0 saturated carbocycles. The predicted octanol–water partition coefficient (Wildman–Crippen LogP) is 1.01. The monoisotopic (exact) mass is 318 g/mol. The molecule has 0 aliphatic carbocycles. The van der Waals surface area contributed by atoms with Crippen molar-refractivity contribution in [3.8, 4) is 0 Å². The van der Waals surface area contributed by atoms with Crippen LogP contribution >= 0.6 is 0 Å². The van der Waals surface area contributed by atoms with Crippen LogP contribution in [-0.4, -0.2) is 50.0 Å². The predicted molar refractivity (Wildman–Crippen MR) is 77.2 cm³/mol. The largest absolute Gasteiger partial charge is 0.481 e. The van der Waals surface area contributed by atoms with E-state index >= 15 is 0 Å². The molecule has 8 heteroatoms. The maximum absolute atomic E-state index is 13.2. The van der Waals surface area contributed by atoms with Gasteiger partial charge >= 0.3 is 5.97 Å². The fourth-order valence-corrected chi connectivity index (χ4v) is 2.60. The smallest absolute Gasteiger partial charge is 0.308 e. The SMILES string of the molecule is O=C(O)[C@@H]1CCN(C(=O)c2cn(Cc3cccc(F)c3)nn2)C1. The zero-order chi connectivity index (χ0) is 16.4. The Bertz CT molecular complexity index is 746. The second-order valence-electron chi connectivity index (χ2n) is 5.51. The molecular formula is C15H15FN4O3. The first-order valence-corrected chi connectivity index (χ1v) is 7.19. The van der Waals surface area contributed by atoms with Crippen molar-refractivity contribution >= 4 is 11.9 Å². The summed E-state index contributed by atoms with van der Waals surface area (Å²) >= 11 is 0. The van der Waals surface area contributed by atoms with Gasteiger partial charge in [0.1, 0.15) is 5.82 Å². The normalized spacial score (nSPS) is 17.4. The molecule has 2 heterocycles. The highest BCUT2D eigenvalue weighted by Gasteiger charge is 2.32. The van der Waals surface area contributed by atoms with Gasteiger partial charge in [-0.15, -0.1) is 5.10 Å². The minimum Gasteiger partial charge on any atom is -0.481 e. The third-order valence-corrected chi connectivity index (χ3v) is 3.82. The first kappa shape index (κ1) is 15.1. The number of amides is 1. The number of carbonyl (C=O) groups excluding carboxylic acids is 1. The summed E-state index contributed by atoms with van der Waals surface area (Å²) in [5.41, 5.74) is 0.869. The van der Waals surface area contributed by atoms with Crippen LogP contribution in [0.3, 0.4) is 0 Å². The zero-order valence-corrected chi connectivity index (χ0v) is 12.2. The summed E-state index contributed by atoms with van der Waals surface area (Å²) in [6.07, 6.45) is 1.93. The van der Waals surface area contributed by atoms with Crippen molar-refractivity contribution in [3.05, 3.63) is 47.5 Å². The summed E-state index contributed by atoms with van der Waals surface area (Å²) in [4.78, 5) is 24.7. The molecule has 0 unspecified atom stereocenters. The Kier molecular flexibility index (Phi) is 4.05. The lowest BCUT2D eigenvalue weighted by Crippen LogP contribution is -2.30. The molecule has 1 aliphatic rings. The van der Waals surface area contributed by atoms with Crippen molar-refractivity contribution in [1.29, 1.82) is 0 Å². The summed E-state index contributed by atoms with van der Waals surface area (Å²) in [7, 11) is 0. The number of carbonyl (C=O) groups is 2. The van der Waals surface area contributed by atoms with Gasteiger partial charge in [-0.25, -0.2) is 9.07 Å². The highest BCUT2D eigenvalue weighted by Crippen LogP contribution is 2.18. The van der Waals surface area contributed by atoms with Gasteiger partial charge in [0.25, 0.3) is 5.91 Å². The van der Waals surface area contributed by atoms with Crippen LogP contribution < -0.4 is 0 Å². The number of hydrogen-bond acceptors (Lipinski definition) is 4. The Morgan fingerprint density at radius 2 is 2.22 bits per heavy atom. The highest BCUT2D eigenvalue weighted by molar-refractivity contribution is 5.92. The van der Waals surface area contributed by atoms with E-state index in [0.717, 1.165) is 0 Å². The van der Waals surface area contributed by atoms with Crippen LogP contribution in [0.2, 0.25) is 0 Å². The molecule has 1 N–H and O–H groups in total. The third kappa shape index (κ3) is 3.36. The third-order valence-electron chi connectivity index (χ3n) is 3.82. The minimum absolute atomic E-state index is 0.160. The number of nitrogens with zero attached hydrogens (tertiary/aromatic N) is 4. The molecule has 1 atom stereocenters. The van der Waals surface area contributed by atoms with E-state index in [4.69, 9.17) is 5.11 Å². The van der Waals surface area contributed by atoms with Crippen molar-refractivity contribution in [2.75, 3.05) is 13.1 Å². The van der Waals surface area contributed by atoms with Gasteiger partial charge in [0.15, 0.2) is 5.69 Å². The van der Waals surface area contributed by atoms with Gasteiger partial charge in [-0.3, -0.25) is 9.59 Å². The summed E-state index contributed by atoms with van der Waals surface area (Å²) in [6, 6.07) is 6.10. The van der Waals surface area contributed by atoms with Gasteiger partial charge in [-0.2, -0.15) is 0 Å². The molecule has 1 aromatic heterocycles. The molecule has 1 saturated heterocycles. The van der Waals surface area contributed by atoms with Crippen LogP contribution in [0.1, 0.15) is 22.5 Å². The van der Waals surface area contributed by atoms with E-state index in [1.54, 1.807) is 12.1 Å². The second kappa shape index (κ2) is 6.15. The zero-order valence-electron chi connectivity index (χ0n) is 12.2. The molecule has 23 heavy (non-hydrogen) atoms. The fourth-order valence-electron chi connectivity index (χ4n) is 2.60. The number of hydrogen-bond donors (Lipinski definition) is 1. The van der Waals surface area contributed by atoms with Crippen LogP contribution in [0.5, 0.6) is 0 Å². The van der Waals surface area contributed by atoms with E-state index in [0.29, 0.717) is 25.1 Å². The number of carboxylic acids is 1. The first-order chi connectivity index (χ1) is 11.0. The summed E-state index contributed by atoms with van der Waals surface area (Å²) in [5.74, 6) is -2.09. The lowest BCUT2D eigenvalue weighted by molar-refractivity contribution is -0.141. The van der Waals surface area contributed by atoms with Gasteiger partial charge in [-0.1, -0.05) is 17.3 Å². The second-order valence-corrected chi connectivity index (χ2v) is 5.51. The topological polar surface area (TPSA) is 88.3 Å². The number of benzene rings is 1. The number of likely N-dealkylation sites (tertiary alicyclic amines) is 1. The van der Waals surface area contributed by atoms with Gasteiger partial charge < -0.3 is 10.0 Å². The standard InChI is InChI=1S/C15H15FN4O3/c16-12-3-1-2-10(6-12)7-20-9-13(17-18-20)14(21)19-5-4-11(8-19)15(22)23/h1-3,6,9,11H,4-5,7-8H2,(H,22,23)/t11-/m1/s1. The lowest BCUT2D eigenvalue weighted by atomic mass is 10.1. The van der Waals surface area contributed by atoms with Gasteiger partial charge in [0.05, 0.1) is 18.7 Å². The number of rotatable bonds is 4. The molecule has 0 spiro atoms. The van der Waals surface area contributed by atoms with E-state index in [1.807, 2.05) is 0 Å². The Morgan fingerprint density at radius 1 is 1.39 bits per heavy atom. The summed E-state index contributed by atoms with van der Waals surface area (Å²) < 4.78 is 14.6. The highest BCUT2D eigenvalue weighted by atomic mass is 19.1. The van der Waals surface area contributed by atoms with E-state index < -0.39 is 11.9 Å². The molecule has 7 nitrogen and oxygen atoms in total. The molecule has 0 radical (unpaired) electrons. The average molecular weight is 318 g/mol. The maximum atomic E-state index is 13.2. The van der Waals surface area contributed by atoms with Gasteiger partial charge in [-0.05, 0) is 24.1 Å². The van der Waals surface area contributed by atoms with Crippen LogP contribution in [0.4, 0.5) is 4.39 Å². The van der Waals surface area contributed by atoms with Crippen molar-refractivity contribution in [2.45, 2.75) is 13.0 Å². The van der Waals surface area contributed by atoms with Gasteiger partial charge in [0, 0.05) is 13.1 Å². The van der Waals surface area contributed by atoms with E-state index in [1.165, 1.54) is 27.9 Å².